The van der Waals surface area contributed by atoms with Crippen LogP contribution in [0.25, 0.3) is 0 Å². The highest BCUT2D eigenvalue weighted by atomic mass is 16.5. The third-order valence-electron chi connectivity index (χ3n) is 2.38. The Kier molecular flexibility index (Phi) is 2.90. The largest absolute Gasteiger partial charge is 0.496 e. The molecule has 1 aromatic rings. The number of ether oxygens (including phenoxy) is 2. The first-order chi connectivity index (χ1) is 7.77. The van der Waals surface area contributed by atoms with Gasteiger partial charge >= 0.3 is 5.97 Å². The minimum absolute atomic E-state index is 0.185. The molecule has 16 heavy (non-hydrogen) atoms. The summed E-state index contributed by atoms with van der Waals surface area (Å²) in [4.78, 5) is 15.5. The van der Waals surface area contributed by atoms with Crippen molar-refractivity contribution in [1.82, 2.24) is 0 Å². The molecule has 0 radical (unpaired) electrons. The van der Waals surface area contributed by atoms with E-state index in [0.29, 0.717) is 12.3 Å². The van der Waals surface area contributed by atoms with Crippen molar-refractivity contribution >= 4 is 11.7 Å². The molecular formula is C12H13NO3. The van der Waals surface area contributed by atoms with E-state index in [2.05, 4.69) is 4.99 Å². The van der Waals surface area contributed by atoms with Crippen LogP contribution in [0.5, 0.6) is 5.75 Å². The van der Waals surface area contributed by atoms with E-state index in [0.717, 1.165) is 11.3 Å². The zero-order valence-corrected chi connectivity index (χ0v) is 9.27. The van der Waals surface area contributed by atoms with Crippen LogP contribution in [0.1, 0.15) is 18.5 Å². The third-order valence-corrected chi connectivity index (χ3v) is 2.38. The molecule has 1 aromatic carbocycles. The number of nitrogens with zero attached hydrogens (tertiary/aromatic N) is 1. The Labute approximate surface area is 93.9 Å². The lowest BCUT2D eigenvalue weighted by Crippen LogP contribution is -2.11. The average molecular weight is 219 g/mol. The number of methoxy groups -OCH3 is 1. The van der Waals surface area contributed by atoms with E-state index in [1.165, 1.54) is 0 Å². The molecule has 0 spiro atoms. The van der Waals surface area contributed by atoms with Crippen LogP contribution in [0.2, 0.25) is 0 Å². The molecule has 0 saturated heterocycles. The van der Waals surface area contributed by atoms with Crippen LogP contribution >= 0.6 is 0 Å². The predicted octanol–water partition coefficient (Wildman–Crippen LogP) is 1.75. The Morgan fingerprint density at radius 1 is 1.44 bits per heavy atom. The molecule has 4 heteroatoms. The molecule has 0 aliphatic carbocycles. The van der Waals surface area contributed by atoms with Gasteiger partial charge in [0.1, 0.15) is 11.8 Å². The van der Waals surface area contributed by atoms with E-state index in [1.807, 2.05) is 24.3 Å². The molecule has 0 saturated carbocycles. The van der Waals surface area contributed by atoms with Crippen LogP contribution in [0.4, 0.5) is 0 Å². The minimum atomic E-state index is -0.335. The molecule has 0 aromatic heterocycles. The fourth-order valence-electron chi connectivity index (χ4n) is 1.58. The van der Waals surface area contributed by atoms with Crippen LogP contribution in [0, 0.1) is 0 Å². The van der Waals surface area contributed by atoms with Gasteiger partial charge in [-0.25, -0.2) is 4.79 Å². The zero-order chi connectivity index (χ0) is 11.5. The quantitative estimate of drug-likeness (QED) is 0.725. The van der Waals surface area contributed by atoms with Crippen LogP contribution in [-0.4, -0.2) is 25.4 Å². The molecule has 84 valence electrons. The number of para-hydroxylation sites is 1. The Balaban J connectivity index is 2.10. The molecule has 1 unspecified atom stereocenters. The standard InChI is InChI=1S/C12H13NO3/c1-3-16-12(14)11-10(13-11)8-6-4-5-7-9(8)15-2/h4-7,10H,3H2,1-2H3. The summed E-state index contributed by atoms with van der Waals surface area (Å²) in [6, 6.07) is 7.35. The number of hydrogen-bond acceptors (Lipinski definition) is 4. The summed E-state index contributed by atoms with van der Waals surface area (Å²) in [5.41, 5.74) is 1.39. The van der Waals surface area contributed by atoms with Gasteiger partial charge < -0.3 is 9.47 Å². The maximum atomic E-state index is 11.4. The number of carbonyl (C=O) groups is 1. The molecule has 0 N–H and O–H groups in total. The molecule has 2 rings (SSSR count). The van der Waals surface area contributed by atoms with Gasteiger partial charge in [-0.2, -0.15) is 0 Å². The van der Waals surface area contributed by atoms with Gasteiger partial charge in [-0.05, 0) is 13.0 Å². The van der Waals surface area contributed by atoms with Gasteiger partial charge in [-0.1, -0.05) is 18.2 Å². The van der Waals surface area contributed by atoms with E-state index in [4.69, 9.17) is 9.47 Å². The summed E-state index contributed by atoms with van der Waals surface area (Å²) in [6.07, 6.45) is 0. The molecule has 0 fully saturated rings. The van der Waals surface area contributed by atoms with Gasteiger partial charge in [-0.3, -0.25) is 4.99 Å². The number of esters is 1. The van der Waals surface area contributed by atoms with E-state index in [-0.39, 0.29) is 12.0 Å². The molecule has 0 amide bonds. The second kappa shape index (κ2) is 4.35. The number of hydrogen-bond donors (Lipinski definition) is 0. The van der Waals surface area contributed by atoms with Crippen LogP contribution < -0.4 is 4.74 Å². The molecule has 1 aliphatic rings. The van der Waals surface area contributed by atoms with Crippen molar-refractivity contribution < 1.29 is 14.3 Å². The Morgan fingerprint density at radius 3 is 2.88 bits per heavy atom. The minimum Gasteiger partial charge on any atom is -0.496 e. The van der Waals surface area contributed by atoms with Crippen molar-refractivity contribution in [2.75, 3.05) is 13.7 Å². The van der Waals surface area contributed by atoms with Crippen molar-refractivity contribution in [3.63, 3.8) is 0 Å². The molecular weight excluding hydrogens is 206 g/mol. The van der Waals surface area contributed by atoms with Crippen molar-refractivity contribution in [2.24, 2.45) is 4.99 Å². The third kappa shape index (κ3) is 1.91. The van der Waals surface area contributed by atoms with Gasteiger partial charge in [0.2, 0.25) is 0 Å². The second-order valence-corrected chi connectivity index (χ2v) is 3.38. The first-order valence-electron chi connectivity index (χ1n) is 5.15. The topological polar surface area (TPSA) is 47.9 Å². The lowest BCUT2D eigenvalue weighted by molar-refractivity contribution is -0.134. The monoisotopic (exact) mass is 219 g/mol. The number of benzene rings is 1. The van der Waals surface area contributed by atoms with E-state index >= 15 is 0 Å². The highest BCUT2D eigenvalue weighted by Crippen LogP contribution is 2.37. The van der Waals surface area contributed by atoms with Crippen LogP contribution in [0.15, 0.2) is 29.3 Å². The smallest absolute Gasteiger partial charge is 0.354 e. The highest BCUT2D eigenvalue weighted by molar-refractivity contribution is 6.44. The number of carbonyl (C=O) groups excluding carboxylic acids is 1. The molecule has 1 atom stereocenters. The van der Waals surface area contributed by atoms with Gasteiger partial charge in [-0.15, -0.1) is 0 Å². The molecule has 1 heterocycles. The van der Waals surface area contributed by atoms with Gasteiger partial charge in [0.05, 0.1) is 13.7 Å². The Bertz CT molecular complexity index is 440. The van der Waals surface area contributed by atoms with Crippen molar-refractivity contribution in [2.45, 2.75) is 13.0 Å². The zero-order valence-electron chi connectivity index (χ0n) is 9.27. The summed E-state index contributed by atoms with van der Waals surface area (Å²) in [7, 11) is 1.60. The van der Waals surface area contributed by atoms with Crippen molar-refractivity contribution in [3.05, 3.63) is 29.8 Å². The summed E-state index contributed by atoms with van der Waals surface area (Å²) >= 11 is 0. The maximum Gasteiger partial charge on any atom is 0.354 e. The van der Waals surface area contributed by atoms with Gasteiger partial charge in [0.25, 0.3) is 0 Å². The average Bonchev–Trinajstić information content (AvgIpc) is 3.09. The van der Waals surface area contributed by atoms with Gasteiger partial charge in [0.15, 0.2) is 5.71 Å². The van der Waals surface area contributed by atoms with E-state index in [1.54, 1.807) is 14.0 Å². The Morgan fingerprint density at radius 2 is 2.19 bits per heavy atom. The normalized spacial score (nSPS) is 17.6. The summed E-state index contributed by atoms with van der Waals surface area (Å²) in [6.45, 7) is 2.15. The van der Waals surface area contributed by atoms with E-state index in [9.17, 15) is 4.79 Å². The fraction of sp³-hybridized carbons (Fsp3) is 0.333. The van der Waals surface area contributed by atoms with Crippen LogP contribution in [-0.2, 0) is 9.53 Å². The van der Waals surface area contributed by atoms with Gasteiger partial charge in [0, 0.05) is 5.56 Å². The lowest BCUT2D eigenvalue weighted by atomic mass is 10.1. The highest BCUT2D eigenvalue weighted by Gasteiger charge is 2.38. The summed E-state index contributed by atoms with van der Waals surface area (Å²) in [5, 5.41) is 0. The van der Waals surface area contributed by atoms with E-state index < -0.39 is 0 Å². The first kappa shape index (κ1) is 10.7. The summed E-state index contributed by atoms with van der Waals surface area (Å²) < 4.78 is 10.1. The Hall–Kier alpha value is -1.84. The fourth-order valence-corrected chi connectivity index (χ4v) is 1.58. The maximum absolute atomic E-state index is 11.4. The molecule has 0 bridgehead atoms. The predicted molar refractivity (Wildman–Crippen MR) is 59.8 cm³/mol. The SMILES string of the molecule is CCOC(=O)C1=NC1c1ccccc1OC. The lowest BCUT2D eigenvalue weighted by Gasteiger charge is -2.05. The molecule has 1 aliphatic heterocycles. The van der Waals surface area contributed by atoms with Crippen LogP contribution in [0.3, 0.4) is 0 Å². The second-order valence-electron chi connectivity index (χ2n) is 3.38. The number of aliphatic imine (C=N–C) groups is 1. The van der Waals surface area contributed by atoms with Crippen molar-refractivity contribution in [3.8, 4) is 5.75 Å². The molecule has 4 nitrogen and oxygen atoms in total. The number of rotatable bonds is 4. The summed E-state index contributed by atoms with van der Waals surface area (Å²) in [5.74, 6) is 0.411. The first-order valence-corrected chi connectivity index (χ1v) is 5.15. The van der Waals surface area contributed by atoms with Crippen molar-refractivity contribution in [1.29, 1.82) is 0 Å².